The van der Waals surface area contributed by atoms with Crippen molar-refractivity contribution in [3.05, 3.63) is 78.6 Å². The summed E-state index contributed by atoms with van der Waals surface area (Å²) < 4.78 is 0. The maximum absolute atomic E-state index is 13.4. The first-order valence-electron chi connectivity index (χ1n) is 13.9. The van der Waals surface area contributed by atoms with Crippen LogP contribution in [-0.4, -0.2) is 58.2 Å². The number of amidine groups is 1. The molecule has 0 N–H and O–H groups in total. The van der Waals surface area contributed by atoms with Crippen LogP contribution in [0.25, 0.3) is 22.3 Å². The summed E-state index contributed by atoms with van der Waals surface area (Å²) in [6.07, 6.45) is 10.7. The molecule has 2 aliphatic heterocycles. The van der Waals surface area contributed by atoms with Crippen molar-refractivity contribution in [2.45, 2.75) is 44.1 Å². The zero-order valence-corrected chi connectivity index (χ0v) is 21.4. The molecule has 2 aliphatic carbocycles. The van der Waals surface area contributed by atoms with Gasteiger partial charge in [-0.1, -0.05) is 54.6 Å². The lowest BCUT2D eigenvalue weighted by Crippen LogP contribution is -2.43. The van der Waals surface area contributed by atoms with E-state index in [1.807, 2.05) is 17.2 Å². The first-order chi connectivity index (χ1) is 18.2. The molecule has 2 saturated carbocycles. The van der Waals surface area contributed by atoms with Crippen LogP contribution in [0, 0.1) is 11.8 Å². The SMILES string of the molecule is O=C1N(CC2CCN(CC3CC3)CC2)C(c2ccc(-c3ccc(-c4cccnc4)cc3)cc2)=NC12CC2. The van der Waals surface area contributed by atoms with E-state index in [1.54, 1.807) is 6.20 Å². The van der Waals surface area contributed by atoms with E-state index in [-0.39, 0.29) is 5.91 Å². The molecule has 1 amide bonds. The van der Waals surface area contributed by atoms with Crippen molar-refractivity contribution in [1.82, 2.24) is 14.8 Å². The number of aromatic nitrogens is 1. The summed E-state index contributed by atoms with van der Waals surface area (Å²) in [4.78, 5) is 27.3. The van der Waals surface area contributed by atoms with Crippen molar-refractivity contribution < 1.29 is 4.79 Å². The summed E-state index contributed by atoms with van der Waals surface area (Å²) in [6.45, 7) is 4.45. The Bertz CT molecular complexity index is 1300. The number of rotatable bonds is 7. The lowest BCUT2D eigenvalue weighted by atomic mass is 9.95. The number of piperidine rings is 1. The second kappa shape index (κ2) is 9.21. The van der Waals surface area contributed by atoms with Gasteiger partial charge in [0.05, 0.1) is 0 Å². The standard InChI is InChI=1S/C32H34N4O/c37-31-32(15-16-32)34-30(36(31)22-24-13-18-35(19-14-24)21-23-3-4-23)28-11-9-26(10-12-28)25-5-7-27(8-6-25)29-2-1-17-33-20-29/h1-2,5-12,17,20,23-24H,3-4,13-16,18-19,21-22H2. The minimum atomic E-state index is -0.456. The van der Waals surface area contributed by atoms with Crippen molar-refractivity contribution in [3.8, 4) is 22.3 Å². The van der Waals surface area contributed by atoms with Crippen LogP contribution in [0.1, 0.15) is 44.1 Å². The van der Waals surface area contributed by atoms with Crippen molar-refractivity contribution in [1.29, 1.82) is 0 Å². The van der Waals surface area contributed by atoms with E-state index >= 15 is 0 Å². The summed E-state index contributed by atoms with van der Waals surface area (Å²) >= 11 is 0. The molecule has 5 heteroatoms. The molecule has 1 saturated heterocycles. The molecule has 4 aliphatic rings. The summed E-state index contributed by atoms with van der Waals surface area (Å²) in [6, 6.07) is 21.3. The van der Waals surface area contributed by atoms with Crippen LogP contribution in [0.4, 0.5) is 0 Å². The van der Waals surface area contributed by atoms with Gasteiger partial charge in [-0.2, -0.15) is 0 Å². The number of hydrogen-bond donors (Lipinski definition) is 0. The van der Waals surface area contributed by atoms with Gasteiger partial charge in [-0.3, -0.25) is 19.7 Å². The van der Waals surface area contributed by atoms with E-state index in [2.05, 4.69) is 64.5 Å². The number of likely N-dealkylation sites (tertiary alicyclic amines) is 1. The predicted molar refractivity (Wildman–Crippen MR) is 147 cm³/mol. The lowest BCUT2D eigenvalue weighted by molar-refractivity contribution is -0.128. The van der Waals surface area contributed by atoms with Gasteiger partial charge in [0.2, 0.25) is 0 Å². The van der Waals surface area contributed by atoms with Gasteiger partial charge in [-0.25, -0.2) is 0 Å². The topological polar surface area (TPSA) is 48.8 Å². The first-order valence-corrected chi connectivity index (χ1v) is 13.9. The minimum absolute atomic E-state index is 0.234. The Balaban J connectivity index is 1.06. The highest BCUT2D eigenvalue weighted by Crippen LogP contribution is 2.46. The summed E-state index contributed by atoms with van der Waals surface area (Å²) in [7, 11) is 0. The second-order valence-corrected chi connectivity index (χ2v) is 11.5. The Morgan fingerprint density at radius 3 is 1.89 bits per heavy atom. The third-order valence-corrected chi connectivity index (χ3v) is 8.66. The maximum atomic E-state index is 13.4. The Morgan fingerprint density at radius 2 is 1.32 bits per heavy atom. The molecule has 0 unspecified atom stereocenters. The molecular formula is C32H34N4O. The van der Waals surface area contributed by atoms with Gasteiger partial charge in [0.1, 0.15) is 11.4 Å². The number of benzene rings is 2. The van der Waals surface area contributed by atoms with Gasteiger partial charge in [0.15, 0.2) is 0 Å². The maximum Gasteiger partial charge on any atom is 0.256 e. The molecule has 3 heterocycles. The zero-order valence-electron chi connectivity index (χ0n) is 21.4. The van der Waals surface area contributed by atoms with Crippen LogP contribution in [0.5, 0.6) is 0 Å². The number of carbonyl (C=O) groups is 1. The molecule has 2 aromatic carbocycles. The van der Waals surface area contributed by atoms with Crippen LogP contribution in [0.2, 0.25) is 0 Å². The highest BCUT2D eigenvalue weighted by atomic mass is 16.2. The molecule has 7 rings (SSSR count). The van der Waals surface area contributed by atoms with Crippen molar-refractivity contribution in [3.63, 3.8) is 0 Å². The average molecular weight is 491 g/mol. The number of carbonyl (C=O) groups excluding carboxylic acids is 1. The Hall–Kier alpha value is -3.31. The predicted octanol–water partition coefficient (Wildman–Crippen LogP) is 5.66. The molecule has 188 valence electrons. The number of pyridine rings is 1. The number of nitrogens with zero attached hydrogens (tertiary/aromatic N) is 4. The number of amides is 1. The van der Waals surface area contributed by atoms with Crippen molar-refractivity contribution in [2.24, 2.45) is 16.8 Å². The van der Waals surface area contributed by atoms with Crippen LogP contribution < -0.4 is 0 Å². The molecule has 1 spiro atoms. The fraction of sp³-hybridized carbons (Fsp3) is 0.406. The van der Waals surface area contributed by atoms with Gasteiger partial charge < -0.3 is 4.90 Å². The van der Waals surface area contributed by atoms with Crippen LogP contribution in [0.3, 0.4) is 0 Å². The molecule has 0 atom stereocenters. The summed E-state index contributed by atoms with van der Waals surface area (Å²) in [5.41, 5.74) is 5.23. The first kappa shape index (κ1) is 22.9. The summed E-state index contributed by atoms with van der Waals surface area (Å²) in [5.74, 6) is 2.64. The van der Waals surface area contributed by atoms with Crippen LogP contribution >= 0.6 is 0 Å². The van der Waals surface area contributed by atoms with Gasteiger partial charge in [0, 0.05) is 31.0 Å². The van der Waals surface area contributed by atoms with Crippen LogP contribution in [0.15, 0.2) is 78.0 Å². The highest BCUT2D eigenvalue weighted by Gasteiger charge is 2.57. The monoisotopic (exact) mass is 490 g/mol. The quantitative estimate of drug-likeness (QED) is 0.429. The molecule has 1 aromatic heterocycles. The molecule has 0 bridgehead atoms. The van der Waals surface area contributed by atoms with E-state index in [0.717, 1.165) is 47.8 Å². The average Bonchev–Trinajstić information content (AvgIpc) is 3.89. The van der Waals surface area contributed by atoms with Gasteiger partial charge in [0.25, 0.3) is 5.91 Å². The van der Waals surface area contributed by atoms with Crippen LogP contribution in [-0.2, 0) is 4.79 Å². The minimum Gasteiger partial charge on any atom is -0.303 e. The lowest BCUT2D eigenvalue weighted by Gasteiger charge is -2.34. The van der Waals surface area contributed by atoms with E-state index in [1.165, 1.54) is 56.4 Å². The fourth-order valence-electron chi connectivity index (χ4n) is 5.97. The third-order valence-electron chi connectivity index (χ3n) is 8.66. The molecule has 5 nitrogen and oxygen atoms in total. The second-order valence-electron chi connectivity index (χ2n) is 11.5. The Kier molecular flexibility index (Phi) is 5.69. The molecular weight excluding hydrogens is 456 g/mol. The Labute approximate surface area is 219 Å². The highest BCUT2D eigenvalue weighted by molar-refractivity contribution is 6.16. The van der Waals surface area contributed by atoms with Gasteiger partial charge in [-0.15, -0.1) is 0 Å². The van der Waals surface area contributed by atoms with Crippen molar-refractivity contribution >= 4 is 11.7 Å². The van der Waals surface area contributed by atoms with E-state index in [9.17, 15) is 4.79 Å². The molecule has 0 radical (unpaired) electrons. The normalized spacial score (nSPS) is 21.5. The van der Waals surface area contributed by atoms with Gasteiger partial charge in [-0.05, 0) is 91.8 Å². The number of aliphatic imine (C=N–C) groups is 1. The number of hydrogen-bond acceptors (Lipinski definition) is 4. The van der Waals surface area contributed by atoms with E-state index in [0.29, 0.717) is 5.92 Å². The Morgan fingerprint density at radius 1 is 0.730 bits per heavy atom. The smallest absolute Gasteiger partial charge is 0.256 e. The van der Waals surface area contributed by atoms with E-state index < -0.39 is 5.54 Å². The molecule has 37 heavy (non-hydrogen) atoms. The van der Waals surface area contributed by atoms with Crippen molar-refractivity contribution in [2.75, 3.05) is 26.2 Å². The van der Waals surface area contributed by atoms with Gasteiger partial charge >= 0.3 is 0 Å². The largest absolute Gasteiger partial charge is 0.303 e. The fourth-order valence-corrected chi connectivity index (χ4v) is 5.97. The summed E-state index contributed by atoms with van der Waals surface area (Å²) in [5, 5.41) is 0. The van der Waals surface area contributed by atoms with E-state index in [4.69, 9.17) is 4.99 Å². The zero-order chi connectivity index (χ0) is 24.8. The molecule has 3 fully saturated rings. The third kappa shape index (κ3) is 4.61. The molecule has 3 aromatic rings.